The van der Waals surface area contributed by atoms with Crippen LogP contribution in [0.3, 0.4) is 0 Å². The first kappa shape index (κ1) is 16.6. The molecule has 0 amide bonds. The van der Waals surface area contributed by atoms with Gasteiger partial charge in [-0.1, -0.05) is 19.3 Å². The third-order valence-corrected chi connectivity index (χ3v) is 5.17. The van der Waals surface area contributed by atoms with Gasteiger partial charge in [0.05, 0.1) is 19.8 Å². The van der Waals surface area contributed by atoms with E-state index in [2.05, 4.69) is 15.9 Å². The summed E-state index contributed by atoms with van der Waals surface area (Å²) in [6.07, 6.45) is 4.34. The molecule has 1 aliphatic rings. The van der Waals surface area contributed by atoms with Gasteiger partial charge < -0.3 is 19.3 Å². The Morgan fingerprint density at radius 2 is 1.76 bits per heavy atom. The Bertz CT molecular complexity index is 483. The molecule has 0 spiro atoms. The van der Waals surface area contributed by atoms with Crippen molar-refractivity contribution in [3.8, 4) is 11.5 Å². The number of hydrogen-bond acceptors (Lipinski definition) is 4. The summed E-state index contributed by atoms with van der Waals surface area (Å²) in [4.78, 5) is 0. The third kappa shape index (κ3) is 3.05. The maximum atomic E-state index is 10.9. The Morgan fingerprint density at radius 1 is 1.10 bits per heavy atom. The molecule has 1 N–H and O–H groups in total. The molecule has 1 aliphatic carbocycles. The SMILES string of the molecule is COc1ccc(C(O)C2(OC)CCCCC2)c(OC)c1Br. The molecule has 118 valence electrons. The zero-order valence-corrected chi connectivity index (χ0v) is 14.4. The predicted molar refractivity (Wildman–Crippen MR) is 85.0 cm³/mol. The molecule has 21 heavy (non-hydrogen) atoms. The standard InChI is InChI=1S/C16H23BrO4/c1-19-12-8-7-11(14(20-2)13(12)17)15(18)16(21-3)9-5-4-6-10-16/h7-8,15,18H,4-6,9-10H2,1-3H3. The van der Waals surface area contributed by atoms with Gasteiger partial charge in [0.25, 0.3) is 0 Å². The second kappa shape index (κ2) is 6.99. The molecule has 5 heteroatoms. The first-order chi connectivity index (χ1) is 10.1. The summed E-state index contributed by atoms with van der Waals surface area (Å²) in [6.45, 7) is 0. The van der Waals surface area contributed by atoms with Crippen LogP contribution in [-0.2, 0) is 4.74 Å². The van der Waals surface area contributed by atoms with E-state index in [1.165, 1.54) is 6.42 Å². The molecule has 0 bridgehead atoms. The quantitative estimate of drug-likeness (QED) is 0.868. The van der Waals surface area contributed by atoms with E-state index in [0.717, 1.165) is 31.2 Å². The van der Waals surface area contributed by atoms with Crippen LogP contribution in [0, 0.1) is 0 Å². The third-order valence-electron chi connectivity index (χ3n) is 4.42. The summed E-state index contributed by atoms with van der Waals surface area (Å²) >= 11 is 3.48. The summed E-state index contributed by atoms with van der Waals surface area (Å²) in [6, 6.07) is 3.68. The molecular formula is C16H23BrO4. The van der Waals surface area contributed by atoms with Crippen molar-refractivity contribution in [3.05, 3.63) is 22.2 Å². The van der Waals surface area contributed by atoms with Crippen LogP contribution < -0.4 is 9.47 Å². The second-order valence-corrected chi connectivity index (χ2v) is 6.23. The highest BCUT2D eigenvalue weighted by molar-refractivity contribution is 9.10. The largest absolute Gasteiger partial charge is 0.495 e. The lowest BCUT2D eigenvalue weighted by Gasteiger charge is -2.40. The number of rotatable bonds is 5. The minimum atomic E-state index is -0.722. The second-order valence-electron chi connectivity index (χ2n) is 5.44. The van der Waals surface area contributed by atoms with E-state index < -0.39 is 11.7 Å². The summed E-state index contributed by atoms with van der Waals surface area (Å²) < 4.78 is 17.2. The fraction of sp³-hybridized carbons (Fsp3) is 0.625. The molecule has 1 fully saturated rings. The first-order valence-electron chi connectivity index (χ1n) is 7.23. The van der Waals surface area contributed by atoms with Crippen LogP contribution in [-0.4, -0.2) is 32.0 Å². The molecule has 0 saturated heterocycles. The highest BCUT2D eigenvalue weighted by Crippen LogP contribution is 2.47. The normalized spacial score (nSPS) is 19.1. The van der Waals surface area contributed by atoms with E-state index in [0.29, 0.717) is 16.0 Å². The molecule has 2 rings (SSSR count). The van der Waals surface area contributed by atoms with Crippen LogP contribution in [0.25, 0.3) is 0 Å². The average molecular weight is 359 g/mol. The van der Waals surface area contributed by atoms with Gasteiger partial charge in [-0.25, -0.2) is 0 Å². The van der Waals surface area contributed by atoms with Crippen molar-refractivity contribution >= 4 is 15.9 Å². The number of methoxy groups -OCH3 is 3. The van der Waals surface area contributed by atoms with Crippen molar-refractivity contribution in [2.75, 3.05) is 21.3 Å². The van der Waals surface area contributed by atoms with E-state index in [1.807, 2.05) is 12.1 Å². The number of halogens is 1. The van der Waals surface area contributed by atoms with Gasteiger partial charge in [0.1, 0.15) is 22.1 Å². The maximum absolute atomic E-state index is 10.9. The maximum Gasteiger partial charge on any atom is 0.142 e. The molecule has 0 aliphatic heterocycles. The molecule has 1 aromatic rings. The number of hydrogen-bond donors (Lipinski definition) is 1. The zero-order valence-electron chi connectivity index (χ0n) is 12.8. The average Bonchev–Trinajstić information content (AvgIpc) is 2.54. The number of aliphatic hydroxyl groups excluding tert-OH is 1. The summed E-state index contributed by atoms with van der Waals surface area (Å²) in [7, 11) is 4.88. The van der Waals surface area contributed by atoms with E-state index >= 15 is 0 Å². The van der Waals surface area contributed by atoms with Crippen molar-refractivity contribution in [1.82, 2.24) is 0 Å². The lowest BCUT2D eigenvalue weighted by Crippen LogP contribution is -2.40. The van der Waals surface area contributed by atoms with Gasteiger partial charge in [-0.2, -0.15) is 0 Å². The predicted octanol–water partition coefficient (Wildman–Crippen LogP) is 3.85. The van der Waals surface area contributed by atoms with Crippen LogP contribution in [0.4, 0.5) is 0 Å². The van der Waals surface area contributed by atoms with E-state index in [4.69, 9.17) is 14.2 Å². The molecule has 0 radical (unpaired) electrons. The molecule has 0 aromatic heterocycles. The van der Waals surface area contributed by atoms with Crippen LogP contribution in [0.2, 0.25) is 0 Å². The number of benzene rings is 1. The molecule has 0 heterocycles. The van der Waals surface area contributed by atoms with Crippen molar-refractivity contribution in [2.24, 2.45) is 0 Å². The van der Waals surface area contributed by atoms with Crippen molar-refractivity contribution in [3.63, 3.8) is 0 Å². The molecule has 1 unspecified atom stereocenters. The minimum absolute atomic E-state index is 0.528. The Hall–Kier alpha value is -0.780. The highest BCUT2D eigenvalue weighted by atomic mass is 79.9. The van der Waals surface area contributed by atoms with Gasteiger partial charge in [-0.3, -0.25) is 0 Å². The fourth-order valence-electron chi connectivity index (χ4n) is 3.16. The smallest absolute Gasteiger partial charge is 0.142 e. The topological polar surface area (TPSA) is 47.9 Å². The van der Waals surface area contributed by atoms with Gasteiger partial charge >= 0.3 is 0 Å². The zero-order chi connectivity index (χ0) is 15.5. The van der Waals surface area contributed by atoms with E-state index in [9.17, 15) is 5.11 Å². The van der Waals surface area contributed by atoms with Crippen LogP contribution in [0.15, 0.2) is 16.6 Å². The molecular weight excluding hydrogens is 336 g/mol. The Kier molecular flexibility index (Phi) is 5.52. The minimum Gasteiger partial charge on any atom is -0.495 e. The summed E-state index contributed by atoms with van der Waals surface area (Å²) in [5, 5.41) is 10.9. The van der Waals surface area contributed by atoms with Crippen molar-refractivity contribution in [2.45, 2.75) is 43.8 Å². The number of aliphatic hydroxyl groups is 1. The van der Waals surface area contributed by atoms with Crippen LogP contribution in [0.1, 0.15) is 43.8 Å². The lowest BCUT2D eigenvalue weighted by molar-refractivity contribution is -0.125. The first-order valence-corrected chi connectivity index (χ1v) is 8.02. The van der Waals surface area contributed by atoms with Gasteiger partial charge in [-0.15, -0.1) is 0 Å². The van der Waals surface area contributed by atoms with Gasteiger partial charge in [0, 0.05) is 12.7 Å². The molecule has 1 saturated carbocycles. The highest BCUT2D eigenvalue weighted by Gasteiger charge is 2.41. The monoisotopic (exact) mass is 358 g/mol. The number of ether oxygens (including phenoxy) is 3. The molecule has 4 nitrogen and oxygen atoms in total. The summed E-state index contributed by atoms with van der Waals surface area (Å²) in [5.41, 5.74) is 0.202. The fourth-order valence-corrected chi connectivity index (χ4v) is 3.84. The Labute approximate surface area is 134 Å². The van der Waals surface area contributed by atoms with Crippen molar-refractivity contribution < 1.29 is 19.3 Å². The lowest BCUT2D eigenvalue weighted by atomic mass is 9.78. The van der Waals surface area contributed by atoms with Gasteiger partial charge in [0.2, 0.25) is 0 Å². The van der Waals surface area contributed by atoms with Gasteiger partial charge in [-0.05, 0) is 40.9 Å². The van der Waals surface area contributed by atoms with Crippen molar-refractivity contribution in [1.29, 1.82) is 0 Å². The Balaban J connectivity index is 2.42. The van der Waals surface area contributed by atoms with Crippen LogP contribution >= 0.6 is 15.9 Å². The Morgan fingerprint density at radius 3 is 2.29 bits per heavy atom. The van der Waals surface area contributed by atoms with E-state index in [1.54, 1.807) is 21.3 Å². The van der Waals surface area contributed by atoms with E-state index in [-0.39, 0.29) is 0 Å². The summed E-state index contributed by atoms with van der Waals surface area (Å²) in [5.74, 6) is 1.28. The molecule has 1 atom stereocenters. The molecule has 1 aromatic carbocycles. The van der Waals surface area contributed by atoms with Gasteiger partial charge in [0.15, 0.2) is 0 Å². The van der Waals surface area contributed by atoms with Crippen LogP contribution in [0.5, 0.6) is 11.5 Å².